The van der Waals surface area contributed by atoms with E-state index in [1.807, 2.05) is 20.8 Å². The van der Waals surface area contributed by atoms with Crippen molar-refractivity contribution in [3.63, 3.8) is 0 Å². The summed E-state index contributed by atoms with van der Waals surface area (Å²) < 4.78 is 69.0. The Hall–Kier alpha value is -1.65. The second kappa shape index (κ2) is 10.3. The summed E-state index contributed by atoms with van der Waals surface area (Å²) in [4.78, 5) is 12.1. The van der Waals surface area contributed by atoms with E-state index in [1.54, 1.807) is 6.92 Å². The highest BCUT2D eigenvalue weighted by Crippen LogP contribution is 2.44. The Morgan fingerprint density at radius 2 is 1.88 bits per heavy atom. The van der Waals surface area contributed by atoms with Crippen molar-refractivity contribution in [2.75, 3.05) is 6.61 Å². The minimum atomic E-state index is -4.81. The number of alkyl halides is 3. The van der Waals surface area contributed by atoms with Crippen molar-refractivity contribution >= 4 is 17.3 Å². The second-order valence-electron chi connectivity index (χ2n) is 9.55. The zero-order chi connectivity index (χ0) is 24.4. The van der Waals surface area contributed by atoms with Crippen LogP contribution in [-0.4, -0.2) is 34.3 Å². The first-order chi connectivity index (χ1) is 15.4. The molecule has 0 aromatic heterocycles. The van der Waals surface area contributed by atoms with Crippen LogP contribution in [0, 0.1) is 11.8 Å². The molecule has 1 heterocycles. The fraction of sp³-hybridized carbons (Fsp3) is 0.696. The molecule has 0 unspecified atom stereocenters. The molecule has 6 nitrogen and oxygen atoms in total. The van der Waals surface area contributed by atoms with E-state index >= 15 is 0 Å². The molecule has 1 aliphatic carbocycles. The van der Waals surface area contributed by atoms with Crippen LogP contribution in [0.5, 0.6) is 11.5 Å². The lowest BCUT2D eigenvalue weighted by molar-refractivity contribution is -0.274. The van der Waals surface area contributed by atoms with Gasteiger partial charge in [-0.15, -0.1) is 17.9 Å². The summed E-state index contributed by atoms with van der Waals surface area (Å²) in [5.41, 5.74) is 0.651. The zero-order valence-corrected chi connectivity index (χ0v) is 20.2. The number of halogens is 3. The van der Waals surface area contributed by atoms with E-state index < -0.39 is 22.5 Å². The predicted octanol–water partition coefficient (Wildman–Crippen LogP) is 5.20. The Morgan fingerprint density at radius 1 is 1.21 bits per heavy atom. The summed E-state index contributed by atoms with van der Waals surface area (Å²) in [7, 11) is 0. The molecule has 10 heteroatoms. The summed E-state index contributed by atoms with van der Waals surface area (Å²) in [5.74, 6) is -0.248. The van der Waals surface area contributed by atoms with Gasteiger partial charge in [0.05, 0.1) is 18.6 Å². The van der Waals surface area contributed by atoms with E-state index in [2.05, 4.69) is 9.46 Å². The van der Waals surface area contributed by atoms with Gasteiger partial charge in [-0.2, -0.15) is 0 Å². The van der Waals surface area contributed by atoms with Crippen molar-refractivity contribution in [1.29, 1.82) is 0 Å². The van der Waals surface area contributed by atoms with Gasteiger partial charge in [0, 0.05) is 29.4 Å². The van der Waals surface area contributed by atoms with Crippen LogP contribution in [0.3, 0.4) is 0 Å². The maximum Gasteiger partial charge on any atom is 0.573 e. The third-order valence-corrected chi connectivity index (χ3v) is 7.67. The lowest BCUT2D eigenvalue weighted by Crippen LogP contribution is -2.45. The average molecular weight is 492 g/mol. The van der Waals surface area contributed by atoms with Crippen LogP contribution in [0.2, 0.25) is 0 Å². The maximum absolute atomic E-state index is 12.8. The van der Waals surface area contributed by atoms with Gasteiger partial charge < -0.3 is 18.8 Å². The van der Waals surface area contributed by atoms with Crippen LogP contribution in [0.15, 0.2) is 18.2 Å². The van der Waals surface area contributed by atoms with E-state index in [4.69, 9.17) is 9.47 Å². The van der Waals surface area contributed by atoms with Gasteiger partial charge in [0.25, 0.3) is 0 Å². The van der Waals surface area contributed by atoms with Gasteiger partial charge in [-0.05, 0) is 71.4 Å². The molecule has 3 atom stereocenters. The van der Waals surface area contributed by atoms with Crippen molar-refractivity contribution in [2.24, 2.45) is 11.8 Å². The molecule has 3 rings (SSSR count). The van der Waals surface area contributed by atoms with Gasteiger partial charge >= 0.3 is 12.3 Å². The standard InChI is InChI=1S/C23H32F3NO5S/c1-5-30-21(28)15-8-6-14(7-9-15)19-13-18(27-33(29)22(2,3)4)17-11-10-16(12-20(17)31-19)32-23(24,25)26/h10-12,14-15,18-19,27H,5-9,13H2,1-4H3/t14-,15-,18-,19-,33-/m0/s1. The number of rotatable bonds is 6. The number of esters is 1. The topological polar surface area (TPSA) is 79.9 Å². The zero-order valence-electron chi connectivity index (χ0n) is 19.4. The number of fused-ring (bicyclic) bond motifs is 1. The number of nitrogens with one attached hydrogen (secondary N) is 1. The van der Waals surface area contributed by atoms with Crippen molar-refractivity contribution in [1.82, 2.24) is 4.72 Å². The highest BCUT2D eigenvalue weighted by atomic mass is 32.2. The molecule has 1 N–H and O–H groups in total. The molecule has 0 amide bonds. The number of carbonyl (C=O) groups excluding carboxylic acids is 1. The van der Waals surface area contributed by atoms with Crippen LogP contribution in [0.1, 0.15) is 71.4 Å². The van der Waals surface area contributed by atoms with Gasteiger partial charge in [0.1, 0.15) is 22.4 Å². The smallest absolute Gasteiger partial charge is 0.573 e. The summed E-state index contributed by atoms with van der Waals surface area (Å²) in [6.07, 6.45) is -1.70. The minimum absolute atomic E-state index is 0.128. The van der Waals surface area contributed by atoms with Crippen LogP contribution >= 0.6 is 0 Å². The number of hydrogen-bond acceptors (Lipinski definition) is 6. The SMILES string of the molecule is CCOC(=O)[C@H]1CC[C@H]([C@@H]2C[C@H](N[S@@+]([O-])C(C)(C)C)c3ccc(OC(F)(F)F)cc3O2)CC1. The largest absolute Gasteiger partial charge is 0.598 e. The molecule has 0 saturated heterocycles. The van der Waals surface area contributed by atoms with Crippen molar-refractivity contribution in [3.8, 4) is 11.5 Å². The maximum atomic E-state index is 12.8. The summed E-state index contributed by atoms with van der Waals surface area (Å²) in [6.45, 7) is 7.68. The van der Waals surface area contributed by atoms with Gasteiger partial charge in [-0.25, -0.2) is 0 Å². The highest BCUT2D eigenvalue weighted by Gasteiger charge is 2.40. The van der Waals surface area contributed by atoms with Crippen molar-refractivity contribution in [2.45, 2.75) is 83.1 Å². The molecule has 1 aromatic carbocycles. The quantitative estimate of drug-likeness (QED) is 0.435. The third kappa shape index (κ3) is 6.93. The number of hydrogen-bond donors (Lipinski definition) is 1. The van der Waals surface area contributed by atoms with Crippen LogP contribution < -0.4 is 14.2 Å². The van der Waals surface area contributed by atoms with E-state index in [1.165, 1.54) is 18.2 Å². The van der Waals surface area contributed by atoms with Gasteiger partial charge in [0.2, 0.25) is 0 Å². The third-order valence-electron chi connectivity index (χ3n) is 6.06. The number of carbonyl (C=O) groups is 1. The molecule has 2 aliphatic rings. The molecule has 0 spiro atoms. The molecule has 186 valence electrons. The van der Waals surface area contributed by atoms with Crippen LogP contribution in [0.25, 0.3) is 0 Å². The first-order valence-corrected chi connectivity index (χ1v) is 12.4. The summed E-state index contributed by atoms with van der Waals surface area (Å²) >= 11 is -1.38. The second-order valence-corrected chi connectivity index (χ2v) is 11.6. The first-order valence-electron chi connectivity index (χ1n) is 11.3. The Labute approximate surface area is 195 Å². The molecular weight excluding hydrogens is 459 g/mol. The molecule has 1 fully saturated rings. The van der Waals surface area contributed by atoms with Gasteiger partial charge in [-0.3, -0.25) is 4.79 Å². The summed E-state index contributed by atoms with van der Waals surface area (Å²) in [6, 6.07) is 3.67. The van der Waals surface area contributed by atoms with E-state index in [9.17, 15) is 22.5 Å². The minimum Gasteiger partial charge on any atom is -0.598 e. The highest BCUT2D eigenvalue weighted by molar-refractivity contribution is 7.90. The summed E-state index contributed by atoms with van der Waals surface area (Å²) in [5, 5.41) is 0. The molecule has 1 aliphatic heterocycles. The molecule has 1 saturated carbocycles. The first kappa shape index (κ1) is 26.0. The predicted molar refractivity (Wildman–Crippen MR) is 118 cm³/mol. The fourth-order valence-electron chi connectivity index (χ4n) is 4.37. The Bertz CT molecular complexity index is 821. The normalized spacial score (nSPS) is 26.7. The number of ether oxygens (including phenoxy) is 3. The Morgan fingerprint density at radius 3 is 2.45 bits per heavy atom. The van der Waals surface area contributed by atoms with E-state index in [0.717, 1.165) is 12.8 Å². The monoisotopic (exact) mass is 491 g/mol. The van der Waals surface area contributed by atoms with Gasteiger partial charge in [0.15, 0.2) is 0 Å². The Kier molecular flexibility index (Phi) is 8.11. The van der Waals surface area contributed by atoms with Crippen LogP contribution in [-0.2, 0) is 20.9 Å². The molecule has 1 aromatic rings. The van der Waals surface area contributed by atoms with Crippen molar-refractivity contribution < 1.29 is 36.7 Å². The molecule has 0 radical (unpaired) electrons. The molecule has 0 bridgehead atoms. The van der Waals surface area contributed by atoms with E-state index in [-0.39, 0.29) is 35.7 Å². The lowest BCUT2D eigenvalue weighted by Gasteiger charge is -2.39. The van der Waals surface area contributed by atoms with Gasteiger partial charge in [-0.1, -0.05) is 0 Å². The fourth-order valence-corrected chi connectivity index (χ4v) is 5.20. The molecule has 33 heavy (non-hydrogen) atoms. The van der Waals surface area contributed by atoms with E-state index in [0.29, 0.717) is 37.2 Å². The number of benzene rings is 1. The molecular formula is C23H32F3NO5S. The van der Waals surface area contributed by atoms with Crippen molar-refractivity contribution in [3.05, 3.63) is 23.8 Å². The van der Waals surface area contributed by atoms with Crippen LogP contribution in [0.4, 0.5) is 13.2 Å². The lowest BCUT2D eigenvalue weighted by atomic mass is 9.77. The Balaban J connectivity index is 1.79. The average Bonchev–Trinajstić information content (AvgIpc) is 2.71.